The number of carbonyl (C=O) groups excluding carboxylic acids is 1. The Labute approximate surface area is 103 Å². The van der Waals surface area contributed by atoms with Crippen molar-refractivity contribution >= 4 is 5.91 Å². The molecule has 0 bridgehead atoms. The molecule has 4 heteroatoms. The van der Waals surface area contributed by atoms with Crippen LogP contribution in [0.3, 0.4) is 0 Å². The maximum Gasteiger partial charge on any atom is 0.223 e. The molecule has 0 aliphatic rings. The molecule has 1 aromatic heterocycles. The lowest BCUT2D eigenvalue weighted by atomic mass is 10.0. The van der Waals surface area contributed by atoms with Crippen LogP contribution in [0.25, 0.3) is 0 Å². The van der Waals surface area contributed by atoms with Gasteiger partial charge >= 0.3 is 0 Å². The van der Waals surface area contributed by atoms with Gasteiger partial charge in [0.25, 0.3) is 0 Å². The van der Waals surface area contributed by atoms with E-state index in [0.717, 1.165) is 24.3 Å². The van der Waals surface area contributed by atoms with Crippen molar-refractivity contribution in [3.05, 3.63) is 17.3 Å². The van der Waals surface area contributed by atoms with Crippen LogP contribution in [0.2, 0.25) is 0 Å². The van der Waals surface area contributed by atoms with Crippen LogP contribution in [-0.2, 0) is 11.2 Å². The van der Waals surface area contributed by atoms with E-state index in [4.69, 9.17) is 4.42 Å². The van der Waals surface area contributed by atoms with Crippen molar-refractivity contribution in [1.82, 2.24) is 10.3 Å². The first-order valence-electron chi connectivity index (χ1n) is 6.29. The fourth-order valence-corrected chi connectivity index (χ4v) is 1.91. The Morgan fingerprint density at radius 3 is 2.47 bits per heavy atom. The molecule has 1 N–H and O–H groups in total. The smallest absolute Gasteiger partial charge is 0.223 e. The van der Waals surface area contributed by atoms with E-state index in [1.165, 1.54) is 0 Å². The van der Waals surface area contributed by atoms with Gasteiger partial charge in [0, 0.05) is 25.8 Å². The number of oxazole rings is 1. The Balaban J connectivity index is 2.37. The Hall–Kier alpha value is -1.32. The van der Waals surface area contributed by atoms with E-state index in [0.29, 0.717) is 18.9 Å². The average molecular weight is 238 g/mol. The number of nitrogens with zero attached hydrogens (tertiary/aromatic N) is 1. The highest BCUT2D eigenvalue weighted by Crippen LogP contribution is 2.10. The van der Waals surface area contributed by atoms with Crippen LogP contribution in [-0.4, -0.2) is 17.4 Å². The molecule has 0 radical (unpaired) electrons. The van der Waals surface area contributed by atoms with Crippen molar-refractivity contribution in [1.29, 1.82) is 0 Å². The summed E-state index contributed by atoms with van der Waals surface area (Å²) in [5, 5.41) is 2.94. The van der Waals surface area contributed by atoms with Gasteiger partial charge in [0.15, 0.2) is 5.89 Å². The van der Waals surface area contributed by atoms with Crippen LogP contribution in [0.15, 0.2) is 4.42 Å². The summed E-state index contributed by atoms with van der Waals surface area (Å²) in [5.41, 5.74) is 0.916. The Morgan fingerprint density at radius 2 is 2.00 bits per heavy atom. The maximum atomic E-state index is 11.7. The molecule has 0 fully saturated rings. The molecule has 0 aliphatic carbocycles. The molecule has 0 aromatic carbocycles. The molecule has 0 saturated heterocycles. The predicted molar refractivity (Wildman–Crippen MR) is 66.8 cm³/mol. The first kappa shape index (κ1) is 13.7. The molecule has 1 heterocycles. The molecule has 4 nitrogen and oxygen atoms in total. The van der Waals surface area contributed by atoms with E-state index >= 15 is 0 Å². The zero-order chi connectivity index (χ0) is 12.8. The first-order valence-corrected chi connectivity index (χ1v) is 6.29. The number of hydrogen-bond donors (Lipinski definition) is 1. The Morgan fingerprint density at radius 1 is 1.35 bits per heavy atom. The van der Waals surface area contributed by atoms with E-state index in [9.17, 15) is 4.79 Å². The highest BCUT2D eigenvalue weighted by Gasteiger charge is 2.14. The predicted octanol–water partition coefficient (Wildman–Crippen LogP) is 2.39. The summed E-state index contributed by atoms with van der Waals surface area (Å²) in [6, 6.07) is 0. The largest absolute Gasteiger partial charge is 0.446 e. The van der Waals surface area contributed by atoms with Gasteiger partial charge in [0.05, 0.1) is 5.69 Å². The average Bonchev–Trinajstić information content (AvgIpc) is 2.59. The van der Waals surface area contributed by atoms with Gasteiger partial charge in [-0.2, -0.15) is 0 Å². The minimum atomic E-state index is 0.132. The third kappa shape index (κ3) is 3.88. The summed E-state index contributed by atoms with van der Waals surface area (Å²) in [6.07, 6.45) is 2.49. The van der Waals surface area contributed by atoms with Crippen molar-refractivity contribution in [2.45, 2.75) is 47.0 Å². The van der Waals surface area contributed by atoms with Gasteiger partial charge < -0.3 is 9.73 Å². The summed E-state index contributed by atoms with van der Waals surface area (Å²) in [7, 11) is 0. The lowest BCUT2D eigenvalue weighted by molar-refractivity contribution is -0.125. The van der Waals surface area contributed by atoms with Crippen molar-refractivity contribution < 1.29 is 9.21 Å². The van der Waals surface area contributed by atoms with Gasteiger partial charge in [-0.1, -0.05) is 13.8 Å². The number of aryl methyl sites for hydroxylation is 2. The summed E-state index contributed by atoms with van der Waals surface area (Å²) in [5.74, 6) is 1.83. The third-order valence-electron chi connectivity index (χ3n) is 3.01. The van der Waals surface area contributed by atoms with Crippen LogP contribution in [0.4, 0.5) is 0 Å². The molecule has 0 saturated carbocycles. The number of nitrogens with one attached hydrogen (secondary N) is 1. The van der Waals surface area contributed by atoms with Crippen LogP contribution in [0, 0.1) is 19.8 Å². The van der Waals surface area contributed by atoms with E-state index in [-0.39, 0.29) is 11.8 Å². The highest BCUT2D eigenvalue weighted by molar-refractivity contribution is 5.78. The first-order chi connectivity index (χ1) is 8.08. The fourth-order valence-electron chi connectivity index (χ4n) is 1.91. The molecular formula is C13H22N2O2. The molecular weight excluding hydrogens is 216 g/mol. The van der Waals surface area contributed by atoms with Gasteiger partial charge in [0.2, 0.25) is 5.91 Å². The SMILES string of the molecule is CCC(CC)C(=O)NCCc1oc(C)nc1C. The van der Waals surface area contributed by atoms with Crippen LogP contribution in [0.5, 0.6) is 0 Å². The number of carbonyl (C=O) groups is 1. The van der Waals surface area contributed by atoms with E-state index < -0.39 is 0 Å². The van der Waals surface area contributed by atoms with Gasteiger partial charge in [0.1, 0.15) is 5.76 Å². The summed E-state index contributed by atoms with van der Waals surface area (Å²) < 4.78 is 5.45. The zero-order valence-electron chi connectivity index (χ0n) is 11.2. The minimum absolute atomic E-state index is 0.132. The van der Waals surface area contributed by atoms with Crippen molar-refractivity contribution in [3.63, 3.8) is 0 Å². The zero-order valence-corrected chi connectivity index (χ0v) is 11.2. The van der Waals surface area contributed by atoms with Crippen molar-refractivity contribution in [2.75, 3.05) is 6.54 Å². The molecule has 0 aliphatic heterocycles. The normalized spacial score (nSPS) is 10.9. The van der Waals surface area contributed by atoms with Crippen LogP contribution in [0.1, 0.15) is 44.0 Å². The second kappa shape index (κ2) is 6.42. The van der Waals surface area contributed by atoms with Crippen molar-refractivity contribution in [2.24, 2.45) is 5.92 Å². The number of rotatable bonds is 6. The van der Waals surface area contributed by atoms with Gasteiger partial charge in [-0.25, -0.2) is 4.98 Å². The molecule has 0 atom stereocenters. The fraction of sp³-hybridized carbons (Fsp3) is 0.692. The molecule has 0 unspecified atom stereocenters. The van der Waals surface area contributed by atoms with Crippen molar-refractivity contribution in [3.8, 4) is 0 Å². The Bertz CT molecular complexity index is 367. The van der Waals surface area contributed by atoms with Crippen LogP contribution >= 0.6 is 0 Å². The monoisotopic (exact) mass is 238 g/mol. The summed E-state index contributed by atoms with van der Waals surface area (Å²) in [4.78, 5) is 15.9. The van der Waals surface area contributed by atoms with E-state index in [2.05, 4.69) is 10.3 Å². The van der Waals surface area contributed by atoms with E-state index in [1.54, 1.807) is 0 Å². The van der Waals surface area contributed by atoms with Crippen LogP contribution < -0.4 is 5.32 Å². The third-order valence-corrected chi connectivity index (χ3v) is 3.01. The summed E-state index contributed by atoms with van der Waals surface area (Å²) >= 11 is 0. The minimum Gasteiger partial charge on any atom is -0.446 e. The van der Waals surface area contributed by atoms with E-state index in [1.807, 2.05) is 27.7 Å². The molecule has 1 aromatic rings. The quantitative estimate of drug-likeness (QED) is 0.828. The lowest BCUT2D eigenvalue weighted by Gasteiger charge is -2.12. The standard InChI is InChI=1S/C13H22N2O2/c1-5-11(6-2)13(16)14-8-7-12-9(3)15-10(4)17-12/h11H,5-8H2,1-4H3,(H,14,16). The Kier molecular flexibility index (Phi) is 5.19. The number of amides is 1. The van der Waals surface area contributed by atoms with Gasteiger partial charge in [-0.3, -0.25) is 4.79 Å². The molecule has 1 rings (SSSR count). The second-order valence-corrected chi connectivity index (χ2v) is 4.30. The number of hydrogen-bond acceptors (Lipinski definition) is 3. The summed E-state index contributed by atoms with van der Waals surface area (Å²) in [6.45, 7) is 8.45. The topological polar surface area (TPSA) is 55.1 Å². The lowest BCUT2D eigenvalue weighted by Crippen LogP contribution is -2.31. The molecule has 1 amide bonds. The number of aromatic nitrogens is 1. The van der Waals surface area contributed by atoms with Gasteiger partial charge in [-0.15, -0.1) is 0 Å². The molecule has 17 heavy (non-hydrogen) atoms. The molecule has 0 spiro atoms. The second-order valence-electron chi connectivity index (χ2n) is 4.30. The molecule has 96 valence electrons. The maximum absolute atomic E-state index is 11.7. The van der Waals surface area contributed by atoms with Gasteiger partial charge in [-0.05, 0) is 19.8 Å². The highest BCUT2D eigenvalue weighted by atomic mass is 16.4.